The van der Waals surface area contributed by atoms with Gasteiger partial charge in [-0.05, 0) is 29.8 Å². The van der Waals surface area contributed by atoms with Crippen molar-refractivity contribution in [1.29, 1.82) is 0 Å². The third-order valence-corrected chi connectivity index (χ3v) is 7.87. The Bertz CT molecular complexity index is 1660. The smallest absolute Gasteiger partial charge is 0.352 e. The Morgan fingerprint density at radius 3 is 2.40 bits per heavy atom. The summed E-state index contributed by atoms with van der Waals surface area (Å²) in [5.41, 5.74) is -0.551. The number of nitrogens with zero attached hydrogens (tertiary/aromatic N) is 3. The summed E-state index contributed by atoms with van der Waals surface area (Å²) < 4.78 is 40.7. The highest BCUT2D eigenvalue weighted by atomic mass is 35.5. The first-order chi connectivity index (χ1) is 19.0. The maximum atomic E-state index is 14.0. The van der Waals surface area contributed by atoms with Crippen molar-refractivity contribution < 1.29 is 32.5 Å². The molecule has 0 bridgehead atoms. The molecule has 0 aromatic heterocycles. The number of ketones is 1. The number of para-hydroxylation sites is 1. The number of carbonyl (C=O) groups is 3. The van der Waals surface area contributed by atoms with E-state index >= 15 is 0 Å². The first-order valence-corrected chi connectivity index (χ1v) is 12.5. The lowest BCUT2D eigenvalue weighted by Crippen LogP contribution is -2.48. The predicted octanol–water partition coefficient (Wildman–Crippen LogP) is 5.54. The number of anilines is 2. The third-order valence-electron chi connectivity index (χ3n) is 7.54. The molecule has 0 aliphatic carbocycles. The van der Waals surface area contributed by atoms with Crippen LogP contribution in [0.5, 0.6) is 0 Å². The van der Waals surface area contributed by atoms with Crippen LogP contribution >= 0.6 is 11.6 Å². The van der Waals surface area contributed by atoms with E-state index in [-0.39, 0.29) is 16.9 Å². The molecule has 0 N–H and O–H groups in total. The number of imide groups is 1. The first kappa shape index (κ1) is 25.8. The van der Waals surface area contributed by atoms with Gasteiger partial charge in [0.05, 0.1) is 39.1 Å². The van der Waals surface area contributed by atoms with Gasteiger partial charge in [-0.25, -0.2) is 4.90 Å². The van der Waals surface area contributed by atoms with E-state index in [1.165, 1.54) is 18.2 Å². The molecule has 2 amide bonds. The molecule has 3 aliphatic rings. The molecule has 40 heavy (non-hydrogen) atoms. The van der Waals surface area contributed by atoms with Gasteiger partial charge >= 0.3 is 6.18 Å². The molecule has 0 spiro atoms. The number of rotatable bonds is 4. The fourth-order valence-corrected chi connectivity index (χ4v) is 6.11. The van der Waals surface area contributed by atoms with Crippen molar-refractivity contribution in [3.05, 3.63) is 105 Å². The van der Waals surface area contributed by atoms with Gasteiger partial charge in [0.2, 0.25) is 11.8 Å². The second kappa shape index (κ2) is 9.02. The average Bonchev–Trinajstić information content (AvgIpc) is 3.40. The third kappa shape index (κ3) is 3.80. The van der Waals surface area contributed by atoms with Crippen molar-refractivity contribution in [3.8, 4) is 0 Å². The number of amides is 2. The van der Waals surface area contributed by atoms with E-state index in [1.807, 2.05) is 0 Å². The largest absolute Gasteiger partial charge is 0.417 e. The number of Topliss-reactive ketones (excluding diaryl/α,β-unsaturated/α-hetero) is 1. The lowest BCUT2D eigenvalue weighted by molar-refractivity contribution is -0.384. The molecule has 12 heteroatoms. The summed E-state index contributed by atoms with van der Waals surface area (Å²) in [5, 5.41) is 10.8. The summed E-state index contributed by atoms with van der Waals surface area (Å²) in [5.74, 6) is -4.56. The van der Waals surface area contributed by atoms with Crippen molar-refractivity contribution in [2.45, 2.75) is 18.3 Å². The number of fused-ring (bicyclic) bond motifs is 5. The zero-order valence-electron chi connectivity index (χ0n) is 20.2. The van der Waals surface area contributed by atoms with Crippen molar-refractivity contribution in [3.63, 3.8) is 0 Å². The highest BCUT2D eigenvalue weighted by Crippen LogP contribution is 2.50. The molecular formula is C28H17ClF3N3O5. The molecule has 6 rings (SSSR count). The van der Waals surface area contributed by atoms with Crippen molar-refractivity contribution in [2.24, 2.45) is 11.8 Å². The Hall–Kier alpha value is -4.51. The van der Waals surface area contributed by atoms with Crippen LogP contribution in [-0.4, -0.2) is 34.6 Å². The molecule has 3 aromatic rings. The van der Waals surface area contributed by atoms with Gasteiger partial charge in [0.15, 0.2) is 5.78 Å². The Morgan fingerprint density at radius 2 is 1.68 bits per heavy atom. The molecule has 0 radical (unpaired) electrons. The number of hydrogen-bond donors (Lipinski definition) is 0. The Labute approximate surface area is 229 Å². The van der Waals surface area contributed by atoms with Crippen LogP contribution in [0.2, 0.25) is 5.02 Å². The average molecular weight is 568 g/mol. The molecule has 2 saturated heterocycles. The molecule has 3 aliphatic heterocycles. The lowest BCUT2D eigenvalue weighted by atomic mass is 9.86. The van der Waals surface area contributed by atoms with Gasteiger partial charge in [0, 0.05) is 23.4 Å². The predicted molar refractivity (Wildman–Crippen MR) is 139 cm³/mol. The fraction of sp³-hybridized carbons (Fsp3) is 0.179. The molecule has 4 atom stereocenters. The van der Waals surface area contributed by atoms with Gasteiger partial charge in [0.25, 0.3) is 5.69 Å². The zero-order chi connectivity index (χ0) is 28.5. The van der Waals surface area contributed by atoms with Crippen LogP contribution in [0, 0.1) is 22.0 Å². The van der Waals surface area contributed by atoms with E-state index in [2.05, 4.69) is 0 Å². The maximum Gasteiger partial charge on any atom is 0.417 e. The van der Waals surface area contributed by atoms with Gasteiger partial charge in [-0.1, -0.05) is 54.1 Å². The number of non-ortho nitro benzene ring substituents is 1. The van der Waals surface area contributed by atoms with Crippen LogP contribution in [0.15, 0.2) is 72.8 Å². The monoisotopic (exact) mass is 567 g/mol. The van der Waals surface area contributed by atoms with Gasteiger partial charge in [-0.15, -0.1) is 0 Å². The van der Waals surface area contributed by atoms with E-state index in [9.17, 15) is 37.7 Å². The first-order valence-electron chi connectivity index (χ1n) is 12.1. The topological polar surface area (TPSA) is 101 Å². The van der Waals surface area contributed by atoms with Gasteiger partial charge in [-0.3, -0.25) is 24.5 Å². The molecule has 3 aromatic carbocycles. The Morgan fingerprint density at radius 1 is 0.950 bits per heavy atom. The van der Waals surface area contributed by atoms with Gasteiger partial charge < -0.3 is 4.90 Å². The van der Waals surface area contributed by atoms with Crippen molar-refractivity contribution in [2.75, 3.05) is 9.80 Å². The second-order valence-corrected chi connectivity index (χ2v) is 10.1. The minimum Gasteiger partial charge on any atom is -0.352 e. The van der Waals surface area contributed by atoms with Crippen LogP contribution < -0.4 is 9.80 Å². The Balaban J connectivity index is 1.49. The number of halogens is 4. The van der Waals surface area contributed by atoms with Gasteiger partial charge in [-0.2, -0.15) is 13.2 Å². The number of nitro groups is 1. The fourth-order valence-electron chi connectivity index (χ4n) is 5.88. The number of benzene rings is 3. The normalized spacial score (nSPS) is 23.2. The highest BCUT2D eigenvalue weighted by Gasteiger charge is 2.64. The summed E-state index contributed by atoms with van der Waals surface area (Å²) in [6.45, 7) is 0. The van der Waals surface area contributed by atoms with E-state index in [1.54, 1.807) is 41.3 Å². The minimum absolute atomic E-state index is 0.0322. The zero-order valence-corrected chi connectivity index (χ0v) is 21.0. The Kier molecular flexibility index (Phi) is 5.81. The molecule has 2 fully saturated rings. The van der Waals surface area contributed by atoms with E-state index in [0.717, 1.165) is 23.8 Å². The molecule has 8 nitrogen and oxygen atoms in total. The van der Waals surface area contributed by atoms with Crippen LogP contribution in [0.1, 0.15) is 21.5 Å². The van der Waals surface area contributed by atoms with E-state index in [4.69, 9.17) is 11.6 Å². The van der Waals surface area contributed by atoms with E-state index in [0.29, 0.717) is 16.7 Å². The second-order valence-electron chi connectivity index (χ2n) is 9.66. The van der Waals surface area contributed by atoms with Crippen LogP contribution in [0.3, 0.4) is 0 Å². The number of alkyl halides is 3. The minimum atomic E-state index is -4.83. The summed E-state index contributed by atoms with van der Waals surface area (Å²) in [6.07, 6.45) is -1.38. The summed E-state index contributed by atoms with van der Waals surface area (Å²) in [7, 11) is 0. The standard InChI is InChI=1S/C28H17ClF3N3O5/c29-19-10-9-16(13-18(19)28(30,31)32)33-26(37)22-21-11-8-14-4-1-2-7-20(14)34(21)24(23(22)27(33)38)25(36)15-5-3-6-17(12-15)35(39)40/h1-13,21-24H/t21-,22-,23+,24-/m0/s1. The van der Waals surface area contributed by atoms with Crippen molar-refractivity contribution >= 4 is 52.3 Å². The highest BCUT2D eigenvalue weighted by molar-refractivity contribution is 6.32. The quantitative estimate of drug-likeness (QED) is 0.178. The molecule has 0 saturated carbocycles. The van der Waals surface area contributed by atoms with Crippen LogP contribution in [0.4, 0.5) is 30.2 Å². The maximum absolute atomic E-state index is 14.0. The summed E-state index contributed by atoms with van der Waals surface area (Å²) >= 11 is 5.75. The number of hydrogen-bond acceptors (Lipinski definition) is 6. The number of nitro benzene ring substituents is 1. The van der Waals surface area contributed by atoms with E-state index < -0.39 is 63.2 Å². The lowest BCUT2D eigenvalue weighted by Gasteiger charge is -2.36. The molecule has 3 heterocycles. The SMILES string of the molecule is O=C(c1cccc([N+](=O)[O-])c1)[C@@H]1[C@@H]2C(=O)N(c3ccc(Cl)c(C(F)(F)F)c3)C(=O)[C@H]2[C@@H]2C=Cc3ccccc3N12. The molecular weight excluding hydrogens is 551 g/mol. The summed E-state index contributed by atoms with van der Waals surface area (Å²) in [4.78, 5) is 54.8. The number of carbonyl (C=O) groups excluding carboxylic acids is 3. The van der Waals surface area contributed by atoms with Crippen molar-refractivity contribution in [1.82, 2.24) is 0 Å². The molecule has 202 valence electrons. The summed E-state index contributed by atoms with van der Waals surface area (Å²) in [6, 6.07) is 12.9. The molecule has 0 unspecified atom stereocenters. The van der Waals surface area contributed by atoms with Crippen LogP contribution in [0.25, 0.3) is 6.08 Å². The van der Waals surface area contributed by atoms with Gasteiger partial charge in [0.1, 0.15) is 6.04 Å². The van der Waals surface area contributed by atoms with Crippen LogP contribution in [-0.2, 0) is 15.8 Å².